The maximum Gasteiger partial charge on any atom is 0.329 e. The molecule has 0 aliphatic carbocycles. The normalized spacial score (nSPS) is 10.3. The molecular weight excluding hydrogens is 340 g/mol. The molecule has 0 saturated heterocycles. The van der Waals surface area contributed by atoms with Crippen molar-refractivity contribution < 1.29 is 19.2 Å². The molecular formula is C17H16N4O5. The lowest BCUT2D eigenvalue weighted by Crippen LogP contribution is -2.37. The van der Waals surface area contributed by atoms with E-state index < -0.39 is 16.7 Å². The summed E-state index contributed by atoms with van der Waals surface area (Å²) in [6.45, 7) is 0.171. The molecule has 134 valence electrons. The molecule has 2 N–H and O–H groups in total. The van der Waals surface area contributed by atoms with Gasteiger partial charge in [0, 0.05) is 24.2 Å². The number of carbonyl (C=O) groups is 2. The van der Waals surface area contributed by atoms with Gasteiger partial charge >= 0.3 is 11.8 Å². The molecule has 2 amide bonds. The molecule has 0 aliphatic rings. The van der Waals surface area contributed by atoms with Crippen molar-refractivity contribution in [1.29, 1.82) is 0 Å². The third-order valence-corrected chi connectivity index (χ3v) is 3.28. The van der Waals surface area contributed by atoms with Crippen LogP contribution in [0.5, 0.6) is 5.75 Å². The van der Waals surface area contributed by atoms with Crippen molar-refractivity contribution >= 4 is 23.7 Å². The van der Waals surface area contributed by atoms with Crippen LogP contribution in [0.25, 0.3) is 0 Å². The summed E-state index contributed by atoms with van der Waals surface area (Å²) in [5.74, 6) is -1.11. The number of nitro groups is 1. The minimum atomic E-state index is -0.944. The van der Waals surface area contributed by atoms with E-state index in [1.165, 1.54) is 24.4 Å². The molecule has 0 bridgehead atoms. The van der Waals surface area contributed by atoms with Gasteiger partial charge in [0.15, 0.2) is 0 Å². The first-order valence-corrected chi connectivity index (χ1v) is 7.48. The molecule has 0 atom stereocenters. The zero-order valence-electron chi connectivity index (χ0n) is 13.8. The number of amides is 2. The SMILES string of the molecule is COc1ccc(CNC(=O)C(=O)N/N=C\c2cccc([N+](=O)[O-])c2)cc1. The van der Waals surface area contributed by atoms with Crippen LogP contribution in [-0.4, -0.2) is 30.1 Å². The summed E-state index contributed by atoms with van der Waals surface area (Å²) in [5.41, 5.74) is 3.18. The molecule has 0 fully saturated rings. The summed E-state index contributed by atoms with van der Waals surface area (Å²) < 4.78 is 5.03. The molecule has 0 radical (unpaired) electrons. The monoisotopic (exact) mass is 356 g/mol. The highest BCUT2D eigenvalue weighted by atomic mass is 16.6. The molecule has 0 aliphatic heterocycles. The van der Waals surface area contributed by atoms with E-state index in [2.05, 4.69) is 15.8 Å². The Labute approximate surface area is 148 Å². The summed E-state index contributed by atoms with van der Waals surface area (Å²) >= 11 is 0. The van der Waals surface area contributed by atoms with E-state index in [1.807, 2.05) is 0 Å². The maximum atomic E-state index is 11.7. The molecule has 9 nitrogen and oxygen atoms in total. The highest BCUT2D eigenvalue weighted by Gasteiger charge is 2.12. The van der Waals surface area contributed by atoms with E-state index in [9.17, 15) is 19.7 Å². The Bertz CT molecular complexity index is 833. The number of hydrogen-bond donors (Lipinski definition) is 2. The first kappa shape index (κ1) is 18.6. The zero-order chi connectivity index (χ0) is 18.9. The minimum Gasteiger partial charge on any atom is -0.497 e. The fraction of sp³-hybridized carbons (Fsp3) is 0.118. The molecule has 2 aromatic carbocycles. The van der Waals surface area contributed by atoms with Gasteiger partial charge in [-0.1, -0.05) is 24.3 Å². The number of nitrogens with zero attached hydrogens (tertiary/aromatic N) is 2. The number of ether oxygens (including phenoxy) is 1. The smallest absolute Gasteiger partial charge is 0.329 e. The molecule has 26 heavy (non-hydrogen) atoms. The number of rotatable bonds is 6. The Morgan fingerprint density at radius 1 is 1.19 bits per heavy atom. The van der Waals surface area contributed by atoms with Crippen LogP contribution in [-0.2, 0) is 16.1 Å². The number of carbonyl (C=O) groups excluding carboxylic acids is 2. The van der Waals surface area contributed by atoms with Crippen LogP contribution in [0.4, 0.5) is 5.69 Å². The lowest BCUT2D eigenvalue weighted by molar-refractivity contribution is -0.384. The van der Waals surface area contributed by atoms with Crippen molar-refractivity contribution in [3.8, 4) is 5.75 Å². The highest BCUT2D eigenvalue weighted by molar-refractivity contribution is 6.35. The molecule has 0 saturated carbocycles. The highest BCUT2D eigenvalue weighted by Crippen LogP contribution is 2.12. The fourth-order valence-electron chi connectivity index (χ4n) is 1.94. The summed E-state index contributed by atoms with van der Waals surface area (Å²) in [6, 6.07) is 12.7. The Morgan fingerprint density at radius 2 is 1.92 bits per heavy atom. The van der Waals surface area contributed by atoms with Crippen molar-refractivity contribution in [1.82, 2.24) is 10.7 Å². The molecule has 2 rings (SSSR count). The molecule has 0 spiro atoms. The van der Waals surface area contributed by atoms with E-state index in [0.29, 0.717) is 11.3 Å². The minimum absolute atomic E-state index is 0.0995. The van der Waals surface area contributed by atoms with Crippen LogP contribution in [0.3, 0.4) is 0 Å². The van der Waals surface area contributed by atoms with E-state index in [1.54, 1.807) is 37.4 Å². The third-order valence-electron chi connectivity index (χ3n) is 3.28. The van der Waals surface area contributed by atoms with Gasteiger partial charge in [0.1, 0.15) is 5.75 Å². The van der Waals surface area contributed by atoms with Gasteiger partial charge in [-0.3, -0.25) is 19.7 Å². The van der Waals surface area contributed by atoms with Crippen LogP contribution < -0.4 is 15.5 Å². The van der Waals surface area contributed by atoms with Gasteiger partial charge < -0.3 is 10.1 Å². The molecule has 0 aromatic heterocycles. The third kappa shape index (κ3) is 5.41. The van der Waals surface area contributed by atoms with Gasteiger partial charge in [0.2, 0.25) is 0 Å². The maximum absolute atomic E-state index is 11.7. The van der Waals surface area contributed by atoms with Crippen LogP contribution in [0.1, 0.15) is 11.1 Å². The predicted octanol–water partition coefficient (Wildman–Crippen LogP) is 1.37. The second-order valence-electron chi connectivity index (χ2n) is 5.08. The number of hydrogen-bond acceptors (Lipinski definition) is 6. The van der Waals surface area contributed by atoms with Gasteiger partial charge in [-0.15, -0.1) is 0 Å². The van der Waals surface area contributed by atoms with Crippen molar-refractivity contribution in [3.05, 3.63) is 69.8 Å². The first-order valence-electron chi connectivity index (χ1n) is 7.48. The van der Waals surface area contributed by atoms with Crippen molar-refractivity contribution in [3.63, 3.8) is 0 Å². The number of methoxy groups -OCH3 is 1. The van der Waals surface area contributed by atoms with E-state index >= 15 is 0 Å². The molecule has 0 heterocycles. The number of nitrogens with one attached hydrogen (secondary N) is 2. The second-order valence-corrected chi connectivity index (χ2v) is 5.08. The van der Waals surface area contributed by atoms with Crippen LogP contribution in [0.15, 0.2) is 53.6 Å². The summed E-state index contributed by atoms with van der Waals surface area (Å²) in [7, 11) is 1.55. The lowest BCUT2D eigenvalue weighted by Gasteiger charge is -2.05. The van der Waals surface area contributed by atoms with Gasteiger partial charge in [-0.05, 0) is 17.7 Å². The van der Waals surface area contributed by atoms with Crippen molar-refractivity contribution in [2.45, 2.75) is 6.54 Å². The molecule has 0 unspecified atom stereocenters. The molecule has 2 aromatic rings. The Morgan fingerprint density at radius 3 is 2.58 bits per heavy atom. The van der Waals surface area contributed by atoms with Gasteiger partial charge in [-0.2, -0.15) is 5.10 Å². The predicted molar refractivity (Wildman–Crippen MR) is 93.7 cm³/mol. The average molecular weight is 356 g/mol. The average Bonchev–Trinajstić information content (AvgIpc) is 2.66. The Kier molecular flexibility index (Phi) is 6.38. The zero-order valence-corrected chi connectivity index (χ0v) is 13.8. The topological polar surface area (TPSA) is 123 Å². The standard InChI is InChI=1S/C17H16N4O5/c1-26-15-7-5-12(6-8-15)10-18-16(22)17(23)20-19-11-13-3-2-4-14(9-13)21(24)25/h2-9,11H,10H2,1H3,(H,18,22)(H,20,23)/b19-11-. The van der Waals surface area contributed by atoms with E-state index in [-0.39, 0.29) is 12.2 Å². The fourth-order valence-corrected chi connectivity index (χ4v) is 1.94. The Balaban J connectivity index is 1.83. The van der Waals surface area contributed by atoms with E-state index in [4.69, 9.17) is 4.74 Å². The number of nitro benzene ring substituents is 1. The number of hydrazone groups is 1. The van der Waals surface area contributed by atoms with Crippen molar-refractivity contribution in [2.24, 2.45) is 5.10 Å². The van der Waals surface area contributed by atoms with E-state index in [0.717, 1.165) is 5.56 Å². The lowest BCUT2D eigenvalue weighted by atomic mass is 10.2. The number of benzene rings is 2. The molecule has 9 heteroatoms. The summed E-state index contributed by atoms with van der Waals surface area (Å²) in [5, 5.41) is 16.8. The van der Waals surface area contributed by atoms with Crippen molar-refractivity contribution in [2.75, 3.05) is 7.11 Å². The first-order chi connectivity index (χ1) is 12.5. The van der Waals surface area contributed by atoms with Gasteiger partial charge in [0.25, 0.3) is 5.69 Å². The second kappa shape index (κ2) is 8.92. The summed E-state index contributed by atoms with van der Waals surface area (Å²) in [4.78, 5) is 33.5. The van der Waals surface area contributed by atoms with Gasteiger partial charge in [0.05, 0.1) is 18.2 Å². The summed E-state index contributed by atoms with van der Waals surface area (Å²) in [6.07, 6.45) is 1.21. The van der Waals surface area contributed by atoms with Crippen LogP contribution in [0.2, 0.25) is 0 Å². The Hall–Kier alpha value is -3.75. The quantitative estimate of drug-likeness (QED) is 0.350. The number of non-ortho nitro benzene ring substituents is 1. The van der Waals surface area contributed by atoms with Crippen LogP contribution >= 0.6 is 0 Å². The van der Waals surface area contributed by atoms with Crippen LogP contribution in [0, 0.1) is 10.1 Å². The van der Waals surface area contributed by atoms with Gasteiger partial charge in [-0.25, -0.2) is 5.43 Å². The largest absolute Gasteiger partial charge is 0.497 e.